The van der Waals surface area contributed by atoms with Crippen molar-refractivity contribution >= 4 is 63.3 Å². The molecule has 33 heavy (non-hydrogen) atoms. The third-order valence-corrected chi connectivity index (χ3v) is 5.23. The van der Waals surface area contributed by atoms with Gasteiger partial charge in [0.25, 0.3) is 11.8 Å². The van der Waals surface area contributed by atoms with E-state index in [4.69, 9.17) is 34.8 Å². The van der Waals surface area contributed by atoms with E-state index in [1.54, 1.807) is 0 Å². The number of hydrogen-bond donors (Lipinski definition) is 2. The van der Waals surface area contributed by atoms with E-state index >= 15 is 0 Å². The number of carbonyl (C=O) groups excluding carboxylic acids is 2. The first kappa shape index (κ1) is 25.0. The van der Waals surface area contributed by atoms with Crippen LogP contribution in [-0.4, -0.2) is 37.0 Å². The Bertz CT molecular complexity index is 1280. The average Bonchev–Trinajstić information content (AvgIpc) is 3.15. The van der Waals surface area contributed by atoms with E-state index < -0.39 is 40.4 Å². The number of nitrogens with zero attached hydrogens (tertiary/aromatic N) is 3. The first-order valence-electron chi connectivity index (χ1n) is 8.61. The molecule has 0 aliphatic carbocycles. The largest absolute Gasteiger partial charge is 0.435 e. The van der Waals surface area contributed by atoms with Gasteiger partial charge in [0, 0.05) is 23.5 Å². The molecule has 2 heterocycles. The number of amides is 2. The second kappa shape index (κ2) is 9.67. The molecule has 1 atom stereocenters. The Balaban J connectivity index is 2.11. The zero-order valence-corrected chi connectivity index (χ0v) is 19.3. The van der Waals surface area contributed by atoms with Crippen LogP contribution in [0.15, 0.2) is 36.5 Å². The minimum Gasteiger partial charge on any atom is -0.319 e. The van der Waals surface area contributed by atoms with Gasteiger partial charge in [-0.05, 0) is 24.3 Å². The molecule has 2 aromatic heterocycles. The molecule has 2 N–H and O–H groups in total. The van der Waals surface area contributed by atoms with Gasteiger partial charge in [0.05, 0.1) is 21.3 Å². The molecule has 0 saturated carbocycles. The highest BCUT2D eigenvalue weighted by molar-refractivity contribution is 7.82. The summed E-state index contributed by atoms with van der Waals surface area (Å²) in [6.07, 6.45) is -2.44. The average molecular weight is 541 g/mol. The summed E-state index contributed by atoms with van der Waals surface area (Å²) in [5.74, 6) is -2.25. The van der Waals surface area contributed by atoms with Crippen molar-refractivity contribution in [3.8, 4) is 5.82 Å². The molecule has 1 unspecified atom stereocenters. The van der Waals surface area contributed by atoms with Crippen LogP contribution in [-0.2, 0) is 17.2 Å². The molecule has 8 nitrogen and oxygen atoms in total. The molecule has 0 radical (unpaired) electrons. The topological polar surface area (TPSA) is 106 Å². The van der Waals surface area contributed by atoms with Gasteiger partial charge in [0.1, 0.15) is 16.7 Å². The van der Waals surface area contributed by atoms with E-state index in [1.165, 1.54) is 30.7 Å². The number of pyridine rings is 1. The van der Waals surface area contributed by atoms with Crippen LogP contribution < -0.4 is 10.0 Å². The maximum absolute atomic E-state index is 13.3. The summed E-state index contributed by atoms with van der Waals surface area (Å²) in [7, 11) is -1.76. The number of benzene rings is 1. The summed E-state index contributed by atoms with van der Waals surface area (Å²) >= 11 is 18.1. The molecular formula is C18H11Cl3F3N5O3S. The Hall–Kier alpha value is -2.67. The van der Waals surface area contributed by atoms with E-state index in [2.05, 4.69) is 20.1 Å². The lowest BCUT2D eigenvalue weighted by atomic mass is 10.1. The normalized spacial score (nSPS) is 12.3. The number of halogens is 6. The summed E-state index contributed by atoms with van der Waals surface area (Å²) in [4.78, 5) is 29.3. The number of rotatable bonds is 5. The lowest BCUT2D eigenvalue weighted by Gasteiger charge is -2.14. The number of nitrogens with one attached hydrogen (secondary N) is 2. The van der Waals surface area contributed by atoms with Crippen molar-refractivity contribution < 1.29 is 27.0 Å². The van der Waals surface area contributed by atoms with Gasteiger partial charge in [-0.25, -0.2) is 13.9 Å². The van der Waals surface area contributed by atoms with Crippen LogP contribution >= 0.6 is 34.8 Å². The summed E-state index contributed by atoms with van der Waals surface area (Å²) in [6.45, 7) is 0. The van der Waals surface area contributed by atoms with Crippen LogP contribution in [0.5, 0.6) is 0 Å². The maximum Gasteiger partial charge on any atom is 0.435 e. The molecule has 0 aliphatic rings. The molecule has 0 aliphatic heterocycles. The maximum atomic E-state index is 13.3. The molecule has 0 saturated heterocycles. The van der Waals surface area contributed by atoms with Crippen molar-refractivity contribution in [2.45, 2.75) is 6.18 Å². The Morgan fingerprint density at radius 3 is 2.39 bits per heavy atom. The predicted molar refractivity (Wildman–Crippen MR) is 117 cm³/mol. The highest BCUT2D eigenvalue weighted by Crippen LogP contribution is 2.33. The zero-order chi connectivity index (χ0) is 24.5. The minimum atomic E-state index is -4.88. The van der Waals surface area contributed by atoms with Crippen LogP contribution in [0.25, 0.3) is 5.82 Å². The highest BCUT2D eigenvalue weighted by Gasteiger charge is 2.37. The van der Waals surface area contributed by atoms with Gasteiger partial charge in [0.2, 0.25) is 0 Å². The predicted octanol–water partition coefficient (Wildman–Crippen LogP) is 4.52. The first-order chi connectivity index (χ1) is 15.4. The molecule has 3 rings (SSSR count). The lowest BCUT2D eigenvalue weighted by molar-refractivity contribution is -0.141. The molecule has 1 aromatic carbocycles. The lowest BCUT2D eigenvalue weighted by Crippen LogP contribution is -2.27. The SMILES string of the molecule is CS(=O)NC(=O)c1cc(Cl)cc(Cl)c1NC(=O)c1cc(C(F)(F)F)nn1-c1ncccc1Cl. The van der Waals surface area contributed by atoms with Crippen LogP contribution in [0.2, 0.25) is 15.1 Å². The Morgan fingerprint density at radius 2 is 1.79 bits per heavy atom. The molecule has 174 valence electrons. The second-order valence-electron chi connectivity index (χ2n) is 6.28. The number of hydrogen-bond acceptors (Lipinski definition) is 5. The minimum absolute atomic E-state index is 0.0229. The fourth-order valence-corrected chi connectivity index (χ4v) is 3.73. The van der Waals surface area contributed by atoms with Gasteiger partial charge in [-0.15, -0.1) is 0 Å². The van der Waals surface area contributed by atoms with E-state index in [0.29, 0.717) is 10.7 Å². The third kappa shape index (κ3) is 5.64. The van der Waals surface area contributed by atoms with Crippen LogP contribution in [0.3, 0.4) is 0 Å². The summed E-state index contributed by atoms with van der Waals surface area (Å²) < 4.78 is 54.0. The molecule has 3 aromatic rings. The number of anilines is 1. The van der Waals surface area contributed by atoms with E-state index in [-0.39, 0.29) is 32.1 Å². The van der Waals surface area contributed by atoms with Crippen LogP contribution in [0.1, 0.15) is 26.5 Å². The van der Waals surface area contributed by atoms with Gasteiger partial charge in [-0.3, -0.25) is 14.3 Å². The molecule has 15 heteroatoms. The van der Waals surface area contributed by atoms with Gasteiger partial charge in [-0.2, -0.15) is 18.3 Å². The number of carbonyl (C=O) groups is 2. The fraction of sp³-hybridized carbons (Fsp3) is 0.111. The van der Waals surface area contributed by atoms with Crippen molar-refractivity contribution in [1.29, 1.82) is 0 Å². The first-order valence-corrected chi connectivity index (χ1v) is 11.3. The van der Waals surface area contributed by atoms with E-state index in [0.717, 1.165) is 6.07 Å². The fourth-order valence-electron chi connectivity index (χ4n) is 2.62. The van der Waals surface area contributed by atoms with Crippen LogP contribution in [0.4, 0.5) is 18.9 Å². The zero-order valence-electron chi connectivity index (χ0n) is 16.2. The summed E-state index contributed by atoms with van der Waals surface area (Å²) in [5.41, 5.74) is -2.52. The second-order valence-corrected chi connectivity index (χ2v) is 8.65. The quantitative estimate of drug-likeness (QED) is 0.495. The third-order valence-electron chi connectivity index (χ3n) is 3.95. The van der Waals surface area contributed by atoms with Gasteiger partial charge in [0.15, 0.2) is 11.5 Å². The van der Waals surface area contributed by atoms with Crippen molar-refractivity contribution in [3.63, 3.8) is 0 Å². The molecule has 0 spiro atoms. The van der Waals surface area contributed by atoms with Crippen molar-refractivity contribution in [1.82, 2.24) is 19.5 Å². The van der Waals surface area contributed by atoms with Gasteiger partial charge >= 0.3 is 6.18 Å². The molecule has 0 fully saturated rings. The smallest absolute Gasteiger partial charge is 0.319 e. The van der Waals surface area contributed by atoms with Crippen molar-refractivity contribution in [2.75, 3.05) is 11.6 Å². The van der Waals surface area contributed by atoms with Gasteiger partial charge in [-0.1, -0.05) is 34.8 Å². The Morgan fingerprint density at radius 1 is 1.09 bits per heavy atom. The highest BCUT2D eigenvalue weighted by atomic mass is 35.5. The summed E-state index contributed by atoms with van der Waals surface area (Å²) in [5, 5.41) is 5.46. The Kier molecular flexibility index (Phi) is 7.32. The number of aromatic nitrogens is 3. The molecule has 0 bridgehead atoms. The molecular weight excluding hydrogens is 530 g/mol. The van der Waals surface area contributed by atoms with Gasteiger partial charge < -0.3 is 5.32 Å². The van der Waals surface area contributed by atoms with E-state index in [1.807, 2.05) is 0 Å². The summed E-state index contributed by atoms with van der Waals surface area (Å²) in [6, 6.07) is 5.62. The van der Waals surface area contributed by atoms with Crippen molar-refractivity contribution in [3.05, 3.63) is 68.5 Å². The standard InChI is InChI=1S/C18H11Cl3F3N5O3S/c1-33(32)28-16(30)9-5-8(19)6-11(21)14(9)26-17(31)12-7-13(18(22,23)24)27-29(12)15-10(20)3-2-4-25-15/h2-7H,1H3,(H,26,31)(H,28,30). The number of alkyl halides is 3. The van der Waals surface area contributed by atoms with Crippen LogP contribution in [0, 0.1) is 0 Å². The monoisotopic (exact) mass is 539 g/mol. The van der Waals surface area contributed by atoms with Crippen molar-refractivity contribution in [2.24, 2.45) is 0 Å². The molecule has 2 amide bonds. The Labute approximate surface area is 201 Å². The van der Waals surface area contributed by atoms with E-state index in [9.17, 15) is 27.0 Å².